The predicted octanol–water partition coefficient (Wildman–Crippen LogP) is 3.00. The van der Waals surface area contributed by atoms with E-state index in [0.29, 0.717) is 30.2 Å². The first-order valence-corrected chi connectivity index (χ1v) is 9.91. The Morgan fingerprint density at radius 1 is 1.07 bits per heavy atom. The van der Waals surface area contributed by atoms with Gasteiger partial charge in [0.05, 0.1) is 17.3 Å². The van der Waals surface area contributed by atoms with Crippen LogP contribution in [0.5, 0.6) is 17.2 Å². The number of amides is 1. The smallest absolute Gasteiger partial charge is 0.254 e. The summed E-state index contributed by atoms with van der Waals surface area (Å²) in [6.45, 7) is 3.04. The Kier molecular flexibility index (Phi) is 4.20. The van der Waals surface area contributed by atoms with Gasteiger partial charge in [0.15, 0.2) is 16.6 Å². The molecule has 144 valence electrons. The highest BCUT2D eigenvalue weighted by Gasteiger charge is 2.25. The first-order valence-electron chi connectivity index (χ1n) is 9.10. The Morgan fingerprint density at radius 3 is 2.71 bits per heavy atom. The van der Waals surface area contributed by atoms with Crippen molar-refractivity contribution in [2.45, 2.75) is 0 Å². The molecule has 1 fully saturated rings. The van der Waals surface area contributed by atoms with Crippen molar-refractivity contribution < 1.29 is 19.0 Å². The molecule has 0 atom stereocenters. The highest BCUT2D eigenvalue weighted by Crippen LogP contribution is 2.34. The minimum atomic E-state index is 0.0204. The van der Waals surface area contributed by atoms with Gasteiger partial charge in [-0.05, 0) is 36.4 Å². The van der Waals surface area contributed by atoms with Gasteiger partial charge in [-0.15, -0.1) is 0 Å². The Hall–Kier alpha value is -3.00. The number of benzene rings is 2. The van der Waals surface area contributed by atoms with Crippen LogP contribution in [0.25, 0.3) is 10.2 Å². The molecule has 0 spiro atoms. The number of anilines is 1. The van der Waals surface area contributed by atoms with Crippen molar-refractivity contribution in [1.82, 2.24) is 9.88 Å². The highest BCUT2D eigenvalue weighted by molar-refractivity contribution is 7.22. The summed E-state index contributed by atoms with van der Waals surface area (Å²) in [5.41, 5.74) is 1.60. The number of carbonyl (C=O) groups is 1. The van der Waals surface area contributed by atoms with E-state index in [0.717, 1.165) is 34.2 Å². The van der Waals surface area contributed by atoms with Crippen LogP contribution in [0.3, 0.4) is 0 Å². The molecule has 3 heterocycles. The molecule has 3 aromatic rings. The largest absolute Gasteiger partial charge is 0.497 e. The van der Waals surface area contributed by atoms with Gasteiger partial charge in [-0.1, -0.05) is 11.3 Å². The lowest BCUT2D eigenvalue weighted by atomic mass is 10.1. The van der Waals surface area contributed by atoms with Crippen LogP contribution in [0, 0.1) is 0 Å². The van der Waals surface area contributed by atoms with Crippen LogP contribution in [-0.2, 0) is 0 Å². The van der Waals surface area contributed by atoms with Gasteiger partial charge in [-0.2, -0.15) is 0 Å². The van der Waals surface area contributed by atoms with Gasteiger partial charge >= 0.3 is 0 Å². The monoisotopic (exact) mass is 397 g/mol. The van der Waals surface area contributed by atoms with Crippen LogP contribution in [0.4, 0.5) is 5.13 Å². The topological polar surface area (TPSA) is 64.1 Å². The maximum Gasteiger partial charge on any atom is 0.254 e. The Bertz CT molecular complexity index is 1040. The predicted molar refractivity (Wildman–Crippen MR) is 107 cm³/mol. The van der Waals surface area contributed by atoms with Crippen molar-refractivity contribution in [2.24, 2.45) is 0 Å². The summed E-state index contributed by atoms with van der Waals surface area (Å²) >= 11 is 1.65. The first-order chi connectivity index (χ1) is 13.7. The minimum Gasteiger partial charge on any atom is -0.497 e. The van der Waals surface area contributed by atoms with Crippen LogP contribution < -0.4 is 19.1 Å². The average Bonchev–Trinajstić information content (AvgIpc) is 3.38. The molecule has 0 unspecified atom stereocenters. The number of nitrogens with zero attached hydrogens (tertiary/aromatic N) is 3. The number of thiazole rings is 1. The van der Waals surface area contributed by atoms with E-state index in [1.165, 1.54) is 0 Å². The molecule has 0 bridgehead atoms. The lowest BCUT2D eigenvalue weighted by Gasteiger charge is -2.34. The van der Waals surface area contributed by atoms with Gasteiger partial charge in [-0.25, -0.2) is 4.98 Å². The van der Waals surface area contributed by atoms with Gasteiger partial charge in [0.25, 0.3) is 5.91 Å². The van der Waals surface area contributed by atoms with Crippen LogP contribution in [0.1, 0.15) is 10.4 Å². The molecule has 0 radical (unpaired) electrons. The molecule has 0 N–H and O–H groups in total. The highest BCUT2D eigenvalue weighted by atomic mass is 32.1. The van der Waals surface area contributed by atoms with Crippen molar-refractivity contribution in [2.75, 3.05) is 45.0 Å². The standard InChI is InChI=1S/C20H19N3O4S/c1-25-14-3-4-15-18(11-14)28-20(21-15)23-8-6-22(7-9-23)19(24)13-2-5-16-17(10-13)27-12-26-16/h2-5,10-11H,6-9,12H2,1H3. The molecule has 1 aromatic heterocycles. The summed E-state index contributed by atoms with van der Waals surface area (Å²) in [5.74, 6) is 2.18. The molecule has 28 heavy (non-hydrogen) atoms. The van der Waals surface area contributed by atoms with E-state index in [1.54, 1.807) is 36.6 Å². The van der Waals surface area contributed by atoms with Gasteiger partial charge < -0.3 is 24.0 Å². The Morgan fingerprint density at radius 2 is 1.89 bits per heavy atom. The fourth-order valence-electron chi connectivity index (χ4n) is 3.47. The number of ether oxygens (including phenoxy) is 3. The summed E-state index contributed by atoms with van der Waals surface area (Å²) in [6, 6.07) is 11.3. The summed E-state index contributed by atoms with van der Waals surface area (Å²) in [6.07, 6.45) is 0. The van der Waals surface area contributed by atoms with Gasteiger partial charge in [0, 0.05) is 31.7 Å². The molecular weight excluding hydrogens is 378 g/mol. The second-order valence-electron chi connectivity index (χ2n) is 6.68. The second kappa shape index (κ2) is 6.87. The fourth-order valence-corrected chi connectivity index (χ4v) is 4.51. The molecule has 0 saturated carbocycles. The van der Waals surface area contributed by atoms with Crippen molar-refractivity contribution in [3.8, 4) is 17.2 Å². The number of carbonyl (C=O) groups excluding carboxylic acids is 1. The zero-order chi connectivity index (χ0) is 19.1. The molecule has 7 nitrogen and oxygen atoms in total. The third kappa shape index (κ3) is 2.99. The first kappa shape index (κ1) is 17.1. The van der Waals surface area contributed by atoms with Crippen molar-refractivity contribution in [3.63, 3.8) is 0 Å². The SMILES string of the molecule is COc1ccc2nc(N3CCN(C(=O)c4ccc5c(c4)OCO5)CC3)sc2c1. The molecule has 2 aliphatic rings. The van der Waals surface area contributed by atoms with E-state index in [1.807, 2.05) is 23.1 Å². The quantitative estimate of drug-likeness (QED) is 0.677. The Labute approximate surface area is 166 Å². The van der Waals surface area contributed by atoms with E-state index in [4.69, 9.17) is 19.2 Å². The van der Waals surface area contributed by atoms with Crippen molar-refractivity contribution in [3.05, 3.63) is 42.0 Å². The number of methoxy groups -OCH3 is 1. The van der Waals surface area contributed by atoms with Crippen molar-refractivity contribution >= 4 is 32.6 Å². The molecule has 1 amide bonds. The number of hydrogen-bond donors (Lipinski definition) is 0. The number of hydrogen-bond acceptors (Lipinski definition) is 7. The zero-order valence-corrected chi connectivity index (χ0v) is 16.2. The third-order valence-corrected chi connectivity index (χ3v) is 6.12. The van der Waals surface area contributed by atoms with E-state index >= 15 is 0 Å². The van der Waals surface area contributed by atoms with Gasteiger partial charge in [0.2, 0.25) is 6.79 Å². The lowest BCUT2D eigenvalue weighted by Crippen LogP contribution is -2.48. The van der Waals surface area contributed by atoms with Crippen LogP contribution >= 0.6 is 11.3 Å². The van der Waals surface area contributed by atoms with E-state index in [2.05, 4.69) is 4.90 Å². The molecular formula is C20H19N3O4S. The van der Waals surface area contributed by atoms with Gasteiger partial charge in [-0.3, -0.25) is 4.79 Å². The van der Waals surface area contributed by atoms with Gasteiger partial charge in [0.1, 0.15) is 5.75 Å². The molecule has 0 aliphatic carbocycles. The summed E-state index contributed by atoms with van der Waals surface area (Å²) < 4.78 is 17.1. The van der Waals surface area contributed by atoms with Crippen LogP contribution in [0.15, 0.2) is 36.4 Å². The normalized spacial score (nSPS) is 15.9. The lowest BCUT2D eigenvalue weighted by molar-refractivity contribution is 0.0746. The maximum atomic E-state index is 12.8. The van der Waals surface area contributed by atoms with E-state index in [-0.39, 0.29) is 12.7 Å². The maximum absolute atomic E-state index is 12.8. The Balaban J connectivity index is 1.27. The minimum absolute atomic E-state index is 0.0204. The number of piperazine rings is 1. The van der Waals surface area contributed by atoms with Crippen LogP contribution in [0.2, 0.25) is 0 Å². The zero-order valence-electron chi connectivity index (χ0n) is 15.4. The second-order valence-corrected chi connectivity index (χ2v) is 7.69. The molecule has 2 aliphatic heterocycles. The average molecular weight is 397 g/mol. The van der Waals surface area contributed by atoms with E-state index < -0.39 is 0 Å². The van der Waals surface area contributed by atoms with Crippen LogP contribution in [-0.4, -0.2) is 55.9 Å². The molecule has 2 aromatic carbocycles. The third-order valence-electron chi connectivity index (χ3n) is 5.04. The molecule has 1 saturated heterocycles. The summed E-state index contributed by atoms with van der Waals surface area (Å²) in [7, 11) is 1.67. The van der Waals surface area contributed by atoms with E-state index in [9.17, 15) is 4.79 Å². The summed E-state index contributed by atoms with van der Waals surface area (Å²) in [5, 5.41) is 0.985. The number of rotatable bonds is 3. The molecule has 5 rings (SSSR count). The summed E-state index contributed by atoms with van der Waals surface area (Å²) in [4.78, 5) is 21.7. The number of fused-ring (bicyclic) bond motifs is 2. The van der Waals surface area contributed by atoms with Crippen molar-refractivity contribution in [1.29, 1.82) is 0 Å². The molecule has 8 heteroatoms. The number of aromatic nitrogens is 1. The fraction of sp³-hybridized carbons (Fsp3) is 0.300.